The summed E-state index contributed by atoms with van der Waals surface area (Å²) in [6.45, 7) is 18.2. The van der Waals surface area contributed by atoms with E-state index in [0.29, 0.717) is 44.2 Å². The molecular weight excluding hydrogens is 638 g/mol. The molecule has 1 saturated heterocycles. The van der Waals surface area contributed by atoms with Gasteiger partial charge in [0.2, 0.25) is 18.4 Å². The lowest BCUT2D eigenvalue weighted by Crippen LogP contribution is -2.56. The minimum absolute atomic E-state index is 0.0214. The van der Waals surface area contributed by atoms with Crippen LogP contribution >= 0.6 is 11.6 Å². The zero-order valence-electron chi connectivity index (χ0n) is 27.6. The molecule has 3 atom stereocenters. The molecule has 0 unspecified atom stereocenters. The molecule has 254 valence electrons. The van der Waals surface area contributed by atoms with Gasteiger partial charge < -0.3 is 24.3 Å². The number of anilines is 2. The van der Waals surface area contributed by atoms with Crippen molar-refractivity contribution in [1.29, 1.82) is 0 Å². The number of alkyl halides is 2. The van der Waals surface area contributed by atoms with Crippen LogP contribution in [0.1, 0.15) is 37.9 Å². The van der Waals surface area contributed by atoms with Crippen LogP contribution in [0.25, 0.3) is 15.6 Å². The number of halogens is 3. The average Bonchev–Trinajstić information content (AvgIpc) is 3.07. The van der Waals surface area contributed by atoms with E-state index < -0.39 is 5.92 Å². The van der Waals surface area contributed by atoms with Gasteiger partial charge in [0.25, 0.3) is 0 Å². The molecule has 13 heteroatoms. The number of pyridine rings is 1. The Bertz CT molecular complexity index is 1720. The first kappa shape index (κ1) is 33.8. The molecule has 2 fully saturated rings. The maximum Gasteiger partial charge on any atom is 0.318 e. The predicted molar refractivity (Wildman–Crippen MR) is 183 cm³/mol. The summed E-state index contributed by atoms with van der Waals surface area (Å²) in [6.07, 6.45) is 5.42. The lowest BCUT2D eigenvalue weighted by molar-refractivity contribution is -0.130. The van der Waals surface area contributed by atoms with Crippen LogP contribution in [0.2, 0.25) is 5.02 Å². The van der Waals surface area contributed by atoms with Gasteiger partial charge in [-0.1, -0.05) is 30.3 Å². The Morgan fingerprint density at radius 2 is 2.02 bits per heavy atom. The summed E-state index contributed by atoms with van der Waals surface area (Å²) < 4.78 is 33.4. The first-order valence-corrected chi connectivity index (χ1v) is 16.8. The van der Waals surface area contributed by atoms with Crippen LogP contribution in [-0.2, 0) is 17.8 Å². The smallest absolute Gasteiger partial charge is 0.318 e. The maximum atomic E-state index is 13.6. The Morgan fingerprint density at radius 3 is 2.75 bits per heavy atom. The van der Waals surface area contributed by atoms with Crippen molar-refractivity contribution in [3.63, 3.8) is 0 Å². The summed E-state index contributed by atoms with van der Waals surface area (Å²) in [5.74, 6) is -2.06. The number of benzene rings is 1. The Balaban J connectivity index is 1.29. The monoisotopic (exact) mass is 678 g/mol. The van der Waals surface area contributed by atoms with Crippen molar-refractivity contribution in [3.05, 3.63) is 70.9 Å². The van der Waals surface area contributed by atoms with E-state index >= 15 is 0 Å². The highest BCUT2D eigenvalue weighted by Crippen LogP contribution is 2.45. The quantitative estimate of drug-likeness (QED) is 0.206. The number of likely N-dealkylation sites (N-methyl/N-ethyl adjacent to an activating group) is 1. The van der Waals surface area contributed by atoms with Gasteiger partial charge in [-0.2, -0.15) is 9.97 Å². The average molecular weight is 679 g/mol. The SMILES string of the molecule is [C-]#[N+]C[C@H]1CN(c2nc(OC[C@@H](C)N(C)[C@@H](C)C3CC(F)(F)C3)nc3c2CCN(c2cncc4cccc(Cl)c24)C3)CCN1C(=O)C=C. The summed E-state index contributed by atoms with van der Waals surface area (Å²) in [4.78, 5) is 38.7. The van der Waals surface area contributed by atoms with Gasteiger partial charge >= 0.3 is 6.01 Å². The number of carbonyl (C=O) groups excluding carboxylic acids is 1. The number of nitrogens with zero attached hydrogens (tertiary/aromatic N) is 8. The van der Waals surface area contributed by atoms with E-state index in [4.69, 9.17) is 32.9 Å². The second-order valence-corrected chi connectivity index (χ2v) is 13.6. The number of rotatable bonds is 10. The van der Waals surface area contributed by atoms with Crippen molar-refractivity contribution < 1.29 is 18.3 Å². The maximum absolute atomic E-state index is 13.6. The minimum Gasteiger partial charge on any atom is -0.462 e. The van der Waals surface area contributed by atoms with Gasteiger partial charge in [0.15, 0.2) is 0 Å². The summed E-state index contributed by atoms with van der Waals surface area (Å²) in [5.41, 5.74) is 2.75. The molecule has 0 radical (unpaired) electrons. The fraction of sp³-hybridized carbons (Fsp3) is 0.514. The molecule has 1 aromatic carbocycles. The van der Waals surface area contributed by atoms with Crippen molar-refractivity contribution in [2.45, 2.75) is 63.7 Å². The lowest BCUT2D eigenvalue weighted by Gasteiger charge is -2.43. The number of fused-ring (bicyclic) bond motifs is 2. The zero-order valence-corrected chi connectivity index (χ0v) is 28.3. The summed E-state index contributed by atoms with van der Waals surface area (Å²) in [6, 6.07) is 5.61. The van der Waals surface area contributed by atoms with Gasteiger partial charge in [0.05, 0.1) is 29.1 Å². The molecule has 3 aliphatic rings. The van der Waals surface area contributed by atoms with Crippen LogP contribution in [0.15, 0.2) is 43.2 Å². The molecule has 0 N–H and O–H groups in total. The number of hydrogen-bond donors (Lipinski definition) is 0. The van der Waals surface area contributed by atoms with Crippen LogP contribution in [0.3, 0.4) is 0 Å². The van der Waals surface area contributed by atoms with Gasteiger partial charge in [-0.3, -0.25) is 14.7 Å². The van der Waals surface area contributed by atoms with Gasteiger partial charge in [-0.25, -0.2) is 15.4 Å². The van der Waals surface area contributed by atoms with E-state index in [0.717, 1.165) is 33.5 Å². The van der Waals surface area contributed by atoms with Crippen molar-refractivity contribution in [2.75, 3.05) is 56.2 Å². The molecule has 48 heavy (non-hydrogen) atoms. The van der Waals surface area contributed by atoms with Crippen molar-refractivity contribution in [2.24, 2.45) is 5.92 Å². The number of hydrogen-bond acceptors (Lipinski definition) is 8. The Morgan fingerprint density at radius 1 is 1.23 bits per heavy atom. The van der Waals surface area contributed by atoms with Crippen LogP contribution in [0.5, 0.6) is 6.01 Å². The molecular formula is C35H41ClF2N8O2. The fourth-order valence-corrected chi connectivity index (χ4v) is 7.42. The number of amides is 1. The second kappa shape index (κ2) is 13.8. The zero-order chi connectivity index (χ0) is 34.2. The van der Waals surface area contributed by atoms with E-state index in [9.17, 15) is 13.6 Å². The van der Waals surface area contributed by atoms with E-state index in [1.807, 2.05) is 45.3 Å². The van der Waals surface area contributed by atoms with Crippen molar-refractivity contribution >= 4 is 39.8 Å². The Kier molecular flexibility index (Phi) is 9.72. The Labute approximate surface area is 285 Å². The van der Waals surface area contributed by atoms with Gasteiger partial charge in [-0.05, 0) is 45.4 Å². The first-order chi connectivity index (χ1) is 23.0. The molecule has 2 aliphatic heterocycles. The fourth-order valence-electron chi connectivity index (χ4n) is 7.14. The third kappa shape index (κ3) is 6.76. The van der Waals surface area contributed by atoms with E-state index in [-0.39, 0.29) is 62.0 Å². The third-order valence-corrected chi connectivity index (χ3v) is 10.5. The van der Waals surface area contributed by atoms with Crippen LogP contribution in [0.4, 0.5) is 20.3 Å². The van der Waals surface area contributed by atoms with Crippen LogP contribution in [-0.4, -0.2) is 101 Å². The second-order valence-electron chi connectivity index (χ2n) is 13.2. The van der Waals surface area contributed by atoms with E-state index in [2.05, 4.69) is 31.1 Å². The molecule has 4 heterocycles. The standard InChI is InChI=1S/C35H41ClF2N8O2/c1-6-31(47)46-13-12-45(19-26(46)17-39-4)33-27-10-11-44(30-18-40-16-24-8-7-9-28(36)32(24)30)20-29(27)41-34(42-33)48-21-22(2)43(5)23(3)25-14-35(37,38)15-25/h6-9,16,18,22-23,25-26H,1,10-15,17,19-21H2,2-3,5H3/t22-,23+,26+/m1/s1. The summed E-state index contributed by atoms with van der Waals surface area (Å²) in [7, 11) is 1.94. The topological polar surface area (TPSA) is 82.3 Å². The van der Waals surface area contributed by atoms with Crippen molar-refractivity contribution in [1.82, 2.24) is 24.8 Å². The third-order valence-electron chi connectivity index (χ3n) is 10.2. The van der Waals surface area contributed by atoms with Crippen LogP contribution < -0.4 is 14.5 Å². The predicted octanol–water partition coefficient (Wildman–Crippen LogP) is 5.50. The molecule has 2 aromatic heterocycles. The summed E-state index contributed by atoms with van der Waals surface area (Å²) in [5, 5.41) is 2.54. The molecule has 1 amide bonds. The van der Waals surface area contributed by atoms with Gasteiger partial charge in [0, 0.05) is 73.6 Å². The molecule has 1 saturated carbocycles. The largest absolute Gasteiger partial charge is 0.462 e. The molecule has 0 spiro atoms. The Hall–Kier alpha value is -4.08. The number of ether oxygens (including phenoxy) is 1. The number of piperazine rings is 1. The molecule has 1 aliphatic carbocycles. The number of aromatic nitrogens is 3. The highest BCUT2D eigenvalue weighted by Gasteiger charge is 2.48. The molecule has 10 nitrogen and oxygen atoms in total. The normalized spacial score (nSPS) is 20.5. The summed E-state index contributed by atoms with van der Waals surface area (Å²) >= 11 is 6.68. The van der Waals surface area contributed by atoms with Gasteiger partial charge in [-0.15, -0.1) is 0 Å². The molecule has 3 aromatic rings. The first-order valence-electron chi connectivity index (χ1n) is 16.4. The van der Waals surface area contributed by atoms with E-state index in [1.165, 1.54) is 6.08 Å². The van der Waals surface area contributed by atoms with Crippen molar-refractivity contribution in [3.8, 4) is 6.01 Å². The molecule has 6 rings (SSSR count). The van der Waals surface area contributed by atoms with Gasteiger partial charge in [0.1, 0.15) is 18.5 Å². The number of carbonyl (C=O) groups is 1. The van der Waals surface area contributed by atoms with E-state index in [1.54, 1.807) is 11.1 Å². The minimum atomic E-state index is -2.56. The highest BCUT2D eigenvalue weighted by atomic mass is 35.5. The van der Waals surface area contributed by atoms with Crippen LogP contribution in [0, 0.1) is 12.5 Å². The highest BCUT2D eigenvalue weighted by molar-refractivity contribution is 6.36. The molecule has 0 bridgehead atoms. The lowest BCUT2D eigenvalue weighted by atomic mass is 9.76.